The largest absolute Gasteiger partial charge is 0.495 e. The van der Waals surface area contributed by atoms with E-state index in [4.69, 9.17) is 16.3 Å². The zero-order valence-corrected chi connectivity index (χ0v) is 17.1. The summed E-state index contributed by atoms with van der Waals surface area (Å²) >= 11 is 6.06. The first-order valence-corrected chi connectivity index (χ1v) is 10.3. The van der Waals surface area contributed by atoms with E-state index in [0.717, 1.165) is 0 Å². The van der Waals surface area contributed by atoms with Gasteiger partial charge in [0.1, 0.15) is 5.75 Å². The minimum absolute atomic E-state index is 0.154. The summed E-state index contributed by atoms with van der Waals surface area (Å²) in [6, 6.07) is 4.64. The highest BCUT2D eigenvalue weighted by Crippen LogP contribution is 2.27. The Morgan fingerprint density at radius 1 is 1.27 bits per heavy atom. The first-order chi connectivity index (χ1) is 12.0. The van der Waals surface area contributed by atoms with Crippen LogP contribution in [0.2, 0.25) is 5.02 Å². The van der Waals surface area contributed by atoms with Crippen molar-refractivity contribution in [3.63, 3.8) is 0 Å². The van der Waals surface area contributed by atoms with Gasteiger partial charge in [-0.25, -0.2) is 17.9 Å². The molecule has 1 fully saturated rings. The summed E-state index contributed by atoms with van der Waals surface area (Å²) in [5.41, 5.74) is 0.580. The molecule has 1 saturated heterocycles. The van der Waals surface area contributed by atoms with Gasteiger partial charge in [-0.05, 0) is 51.8 Å². The van der Waals surface area contributed by atoms with Crippen LogP contribution in [0.25, 0.3) is 0 Å². The van der Waals surface area contributed by atoms with Gasteiger partial charge in [-0.3, -0.25) is 0 Å². The number of halogens is 1. The van der Waals surface area contributed by atoms with Gasteiger partial charge in [0, 0.05) is 24.8 Å². The predicted molar refractivity (Wildman–Crippen MR) is 103 cm³/mol. The molecule has 1 aromatic rings. The summed E-state index contributed by atoms with van der Waals surface area (Å²) < 4.78 is 31.4. The van der Waals surface area contributed by atoms with Crippen molar-refractivity contribution < 1.29 is 17.9 Å². The molecule has 0 atom stereocenters. The van der Waals surface area contributed by atoms with Crippen LogP contribution in [-0.2, 0) is 10.0 Å². The molecule has 9 heteroatoms. The number of carbonyl (C=O) groups is 1. The monoisotopic (exact) mass is 403 g/mol. The van der Waals surface area contributed by atoms with Crippen molar-refractivity contribution in [3.8, 4) is 5.75 Å². The lowest BCUT2D eigenvalue weighted by Gasteiger charge is -2.33. The highest BCUT2D eigenvalue weighted by Gasteiger charge is 2.33. The number of ether oxygens (including phenoxy) is 1. The highest BCUT2D eigenvalue weighted by molar-refractivity contribution is 7.90. The summed E-state index contributed by atoms with van der Waals surface area (Å²) in [6.07, 6.45) is 1.15. The number of methoxy groups -OCH3 is 1. The number of hydrogen-bond acceptors (Lipinski definition) is 4. The van der Waals surface area contributed by atoms with Crippen LogP contribution in [-0.4, -0.2) is 50.3 Å². The van der Waals surface area contributed by atoms with Gasteiger partial charge in [0.15, 0.2) is 0 Å². The second kappa shape index (κ2) is 8.02. The third-order valence-electron chi connectivity index (χ3n) is 4.31. The molecule has 26 heavy (non-hydrogen) atoms. The molecule has 0 aromatic heterocycles. The average molecular weight is 404 g/mol. The molecular weight excluding hydrogens is 378 g/mol. The van der Waals surface area contributed by atoms with Crippen molar-refractivity contribution in [2.24, 2.45) is 0 Å². The summed E-state index contributed by atoms with van der Waals surface area (Å²) in [5.74, 6) is 0.539. The molecule has 7 nitrogen and oxygen atoms in total. The molecule has 0 saturated carbocycles. The fourth-order valence-corrected chi connectivity index (χ4v) is 3.83. The number of rotatable bonds is 4. The van der Waals surface area contributed by atoms with Gasteiger partial charge in [0.25, 0.3) is 0 Å². The number of piperidine rings is 1. The number of nitrogens with one attached hydrogen (secondary N) is 2. The molecule has 1 aliphatic rings. The molecule has 2 amide bonds. The van der Waals surface area contributed by atoms with Crippen LogP contribution in [0, 0.1) is 0 Å². The van der Waals surface area contributed by atoms with Crippen LogP contribution in [0.3, 0.4) is 0 Å². The van der Waals surface area contributed by atoms with Crippen LogP contribution < -0.4 is 14.8 Å². The van der Waals surface area contributed by atoms with E-state index < -0.39 is 14.8 Å². The fraction of sp³-hybridized carbons (Fsp3) is 0.588. The number of sulfonamides is 1. The van der Waals surface area contributed by atoms with Gasteiger partial charge in [-0.1, -0.05) is 11.6 Å². The number of urea groups is 1. The van der Waals surface area contributed by atoms with Crippen molar-refractivity contribution >= 4 is 33.3 Å². The quantitative estimate of drug-likeness (QED) is 0.808. The summed E-state index contributed by atoms with van der Waals surface area (Å²) in [5, 5.41) is 3.22. The summed E-state index contributed by atoms with van der Waals surface area (Å²) in [6.45, 7) is 5.95. The highest BCUT2D eigenvalue weighted by atomic mass is 35.5. The van der Waals surface area contributed by atoms with Gasteiger partial charge in [0.2, 0.25) is 10.0 Å². The van der Waals surface area contributed by atoms with Crippen molar-refractivity contribution in [2.75, 3.05) is 25.5 Å². The van der Waals surface area contributed by atoms with E-state index in [1.807, 2.05) is 0 Å². The predicted octanol–water partition coefficient (Wildman–Crippen LogP) is 3.06. The van der Waals surface area contributed by atoms with Crippen LogP contribution in [0.1, 0.15) is 33.6 Å². The van der Waals surface area contributed by atoms with Crippen LogP contribution in [0.15, 0.2) is 18.2 Å². The van der Waals surface area contributed by atoms with E-state index in [1.54, 1.807) is 43.9 Å². The smallest absolute Gasteiger partial charge is 0.321 e. The molecule has 0 aliphatic carbocycles. The maximum absolute atomic E-state index is 12.4. The van der Waals surface area contributed by atoms with Gasteiger partial charge >= 0.3 is 6.03 Å². The zero-order valence-electron chi connectivity index (χ0n) is 15.5. The number of benzene rings is 1. The van der Waals surface area contributed by atoms with Crippen LogP contribution in [0.5, 0.6) is 5.75 Å². The van der Waals surface area contributed by atoms with Crippen molar-refractivity contribution in [1.29, 1.82) is 0 Å². The van der Waals surface area contributed by atoms with Gasteiger partial charge in [0.05, 0.1) is 16.9 Å². The van der Waals surface area contributed by atoms with Crippen LogP contribution in [0.4, 0.5) is 10.5 Å². The minimum Gasteiger partial charge on any atom is -0.495 e. The Morgan fingerprint density at radius 2 is 1.88 bits per heavy atom. The second-order valence-electron chi connectivity index (χ2n) is 7.27. The molecule has 0 unspecified atom stereocenters. The maximum atomic E-state index is 12.4. The third kappa shape index (κ3) is 5.02. The van der Waals surface area contributed by atoms with Crippen molar-refractivity contribution in [3.05, 3.63) is 23.2 Å². The maximum Gasteiger partial charge on any atom is 0.321 e. The Morgan fingerprint density at radius 3 is 2.38 bits per heavy atom. The number of likely N-dealkylation sites (tertiary alicyclic amines) is 1. The molecule has 1 heterocycles. The summed E-state index contributed by atoms with van der Waals surface area (Å²) in [4.78, 5) is 14.1. The molecule has 2 rings (SSSR count). The number of anilines is 1. The lowest BCUT2D eigenvalue weighted by Crippen LogP contribution is -2.50. The topological polar surface area (TPSA) is 87.7 Å². The fourth-order valence-electron chi connectivity index (χ4n) is 2.54. The summed E-state index contributed by atoms with van der Waals surface area (Å²) in [7, 11) is -1.87. The Bertz CT molecular complexity index is 754. The molecule has 0 spiro atoms. The number of carbonyl (C=O) groups excluding carboxylic acids is 1. The number of nitrogens with zero attached hydrogens (tertiary/aromatic N) is 1. The first kappa shape index (κ1) is 20.8. The normalized spacial score (nSPS) is 16.4. The van der Waals surface area contributed by atoms with E-state index in [-0.39, 0.29) is 12.1 Å². The molecule has 2 N–H and O–H groups in total. The van der Waals surface area contributed by atoms with E-state index in [9.17, 15) is 13.2 Å². The van der Waals surface area contributed by atoms with E-state index in [1.165, 1.54) is 7.11 Å². The zero-order chi connectivity index (χ0) is 19.5. The average Bonchev–Trinajstić information content (AvgIpc) is 2.54. The molecular formula is C17H26ClN3O4S. The van der Waals surface area contributed by atoms with Gasteiger partial charge < -0.3 is 15.0 Å². The molecule has 0 bridgehead atoms. The Hall–Kier alpha value is -1.51. The Balaban J connectivity index is 1.89. The van der Waals surface area contributed by atoms with E-state index >= 15 is 0 Å². The Labute approximate surface area is 160 Å². The van der Waals surface area contributed by atoms with Crippen molar-refractivity contribution in [2.45, 2.75) is 44.4 Å². The SMILES string of the molecule is COc1ccc(NC(=O)N2CCC(NS(=O)(=O)C(C)(C)C)CC2)cc1Cl. The second-order valence-corrected chi connectivity index (χ2v) is 10.1. The van der Waals surface area contributed by atoms with Crippen LogP contribution >= 0.6 is 11.6 Å². The lowest BCUT2D eigenvalue weighted by molar-refractivity contribution is 0.193. The number of amides is 2. The lowest BCUT2D eigenvalue weighted by atomic mass is 10.1. The van der Waals surface area contributed by atoms with Gasteiger partial charge in [-0.2, -0.15) is 0 Å². The first-order valence-electron chi connectivity index (χ1n) is 8.45. The molecule has 1 aromatic carbocycles. The molecule has 0 radical (unpaired) electrons. The molecule has 1 aliphatic heterocycles. The standard InChI is InChI=1S/C17H26ClN3O4S/c1-17(2,3)26(23,24)20-12-7-9-21(10-8-12)16(22)19-13-5-6-15(25-4)14(18)11-13/h5-6,11-12,20H,7-10H2,1-4H3,(H,19,22). The van der Waals surface area contributed by atoms with E-state index in [2.05, 4.69) is 10.0 Å². The number of hydrogen-bond donors (Lipinski definition) is 2. The molecule has 146 valence electrons. The third-order valence-corrected chi connectivity index (χ3v) is 6.86. The van der Waals surface area contributed by atoms with Gasteiger partial charge in [-0.15, -0.1) is 0 Å². The Kier molecular flexibility index (Phi) is 6.42. The van der Waals surface area contributed by atoms with E-state index in [0.29, 0.717) is 42.4 Å². The minimum atomic E-state index is -3.39. The van der Waals surface area contributed by atoms with Crippen molar-refractivity contribution in [1.82, 2.24) is 9.62 Å².